The maximum atomic E-state index is 13.2. The van der Waals surface area contributed by atoms with E-state index in [0.717, 1.165) is 0 Å². The zero-order valence-corrected chi connectivity index (χ0v) is 19.2. The van der Waals surface area contributed by atoms with Crippen LogP contribution >= 0.6 is 27.5 Å². The second kappa shape index (κ2) is 8.49. The lowest BCUT2D eigenvalue weighted by Crippen LogP contribution is -2.22. The minimum absolute atomic E-state index is 0.0777. The summed E-state index contributed by atoms with van der Waals surface area (Å²) in [6.45, 7) is 0.0777. The third kappa shape index (κ3) is 4.39. The zero-order valence-electron chi connectivity index (χ0n) is 16.0. The predicted octanol–water partition coefficient (Wildman–Crippen LogP) is 5.39. The van der Waals surface area contributed by atoms with E-state index in [-0.39, 0.29) is 22.4 Å². The quantitative estimate of drug-likeness (QED) is 0.483. The molecule has 10 heteroatoms. The molecule has 160 valence electrons. The van der Waals surface area contributed by atoms with Gasteiger partial charge in [-0.25, -0.2) is 4.39 Å². The molecule has 0 amide bonds. The molecular formula is C21H15BrClFN2O4S. The molecule has 0 radical (unpaired) electrons. The predicted molar refractivity (Wildman–Crippen MR) is 120 cm³/mol. The van der Waals surface area contributed by atoms with Gasteiger partial charge in [-0.05, 0) is 52.3 Å². The smallest absolute Gasteiger partial charge is 0.286 e. The van der Waals surface area contributed by atoms with Gasteiger partial charge in [-0.3, -0.25) is 0 Å². The van der Waals surface area contributed by atoms with E-state index in [1.807, 2.05) is 0 Å². The highest BCUT2D eigenvalue weighted by Crippen LogP contribution is 2.39. The average Bonchev–Trinajstić information content (AvgIpc) is 2.73. The number of halogens is 3. The van der Waals surface area contributed by atoms with Crippen LogP contribution in [-0.2, 0) is 16.6 Å². The Bertz CT molecular complexity index is 1310. The van der Waals surface area contributed by atoms with Crippen LogP contribution in [0.25, 0.3) is 0 Å². The van der Waals surface area contributed by atoms with Crippen LogP contribution in [0.4, 0.5) is 10.1 Å². The molecule has 0 fully saturated rings. The number of sulfonamides is 1. The van der Waals surface area contributed by atoms with Crippen molar-refractivity contribution < 1.29 is 22.3 Å². The molecule has 0 aromatic heterocycles. The van der Waals surface area contributed by atoms with Crippen molar-refractivity contribution >= 4 is 49.1 Å². The zero-order chi connectivity index (χ0) is 22.2. The highest BCUT2D eigenvalue weighted by molar-refractivity contribution is 9.10. The fourth-order valence-corrected chi connectivity index (χ4v) is 4.94. The molecule has 6 nitrogen and oxygen atoms in total. The number of hydrogen-bond acceptors (Lipinski definition) is 5. The number of methoxy groups -OCH3 is 1. The SMILES string of the molecule is COc1cc(C2=NS(=O)(=O)c3ccccc3N2)cc(Br)c1OCc1ccc(F)cc1Cl. The molecule has 1 aliphatic heterocycles. The summed E-state index contributed by atoms with van der Waals surface area (Å²) in [5.74, 6) is 0.453. The maximum Gasteiger partial charge on any atom is 0.286 e. The second-order valence-corrected chi connectivity index (χ2v) is 9.38. The van der Waals surface area contributed by atoms with E-state index in [2.05, 4.69) is 25.6 Å². The van der Waals surface area contributed by atoms with Gasteiger partial charge in [0, 0.05) is 11.1 Å². The number of hydrogen-bond donors (Lipinski definition) is 1. The van der Waals surface area contributed by atoms with Crippen molar-refractivity contribution in [3.8, 4) is 11.5 Å². The van der Waals surface area contributed by atoms with Crippen molar-refractivity contribution in [1.29, 1.82) is 0 Å². The van der Waals surface area contributed by atoms with E-state index < -0.39 is 15.8 Å². The van der Waals surface area contributed by atoms with E-state index in [1.165, 1.54) is 31.4 Å². The Labute approximate surface area is 191 Å². The number of amidine groups is 1. The molecule has 4 rings (SSSR count). The summed E-state index contributed by atoms with van der Waals surface area (Å²) in [6, 6.07) is 13.8. The normalized spacial score (nSPS) is 14.3. The van der Waals surface area contributed by atoms with Crippen LogP contribution in [-0.4, -0.2) is 21.4 Å². The topological polar surface area (TPSA) is 77.0 Å². The summed E-state index contributed by atoms with van der Waals surface area (Å²) in [5, 5.41) is 3.28. The molecule has 0 saturated carbocycles. The first-order valence-electron chi connectivity index (χ1n) is 8.94. The van der Waals surface area contributed by atoms with Gasteiger partial charge in [0.25, 0.3) is 10.0 Å². The average molecular weight is 526 g/mol. The van der Waals surface area contributed by atoms with Crippen LogP contribution in [0.3, 0.4) is 0 Å². The molecule has 3 aromatic rings. The van der Waals surface area contributed by atoms with Crippen LogP contribution in [0, 0.1) is 5.82 Å². The third-order valence-corrected chi connectivity index (χ3v) is 6.80. The summed E-state index contributed by atoms with van der Waals surface area (Å²) in [7, 11) is -2.38. The van der Waals surface area contributed by atoms with Crippen molar-refractivity contribution in [3.05, 3.63) is 81.0 Å². The number of fused-ring (bicyclic) bond motifs is 1. The highest BCUT2D eigenvalue weighted by atomic mass is 79.9. The first-order chi connectivity index (χ1) is 14.8. The maximum absolute atomic E-state index is 13.2. The number of para-hydroxylation sites is 1. The van der Waals surface area contributed by atoms with Crippen molar-refractivity contribution in [2.24, 2.45) is 4.40 Å². The van der Waals surface area contributed by atoms with E-state index in [0.29, 0.717) is 32.8 Å². The van der Waals surface area contributed by atoms with Gasteiger partial charge in [-0.15, -0.1) is 4.40 Å². The Morgan fingerprint density at radius 2 is 1.94 bits per heavy atom. The van der Waals surface area contributed by atoms with Crippen molar-refractivity contribution in [2.45, 2.75) is 11.5 Å². The van der Waals surface area contributed by atoms with Gasteiger partial charge < -0.3 is 14.8 Å². The van der Waals surface area contributed by atoms with Crippen LogP contribution in [0.1, 0.15) is 11.1 Å². The van der Waals surface area contributed by atoms with Gasteiger partial charge in [0.2, 0.25) is 0 Å². The Hall–Kier alpha value is -2.62. The molecule has 1 heterocycles. The summed E-state index contributed by atoms with van der Waals surface area (Å²) in [4.78, 5) is 0.112. The number of nitrogens with one attached hydrogen (secondary N) is 1. The fourth-order valence-electron chi connectivity index (χ4n) is 3.02. The Morgan fingerprint density at radius 1 is 1.16 bits per heavy atom. The Kier molecular flexibility index (Phi) is 5.92. The van der Waals surface area contributed by atoms with E-state index in [9.17, 15) is 12.8 Å². The summed E-state index contributed by atoms with van der Waals surface area (Å²) < 4.78 is 54.0. The van der Waals surface area contributed by atoms with Gasteiger partial charge in [-0.2, -0.15) is 8.42 Å². The summed E-state index contributed by atoms with van der Waals surface area (Å²) in [6.07, 6.45) is 0. The first-order valence-corrected chi connectivity index (χ1v) is 11.6. The number of anilines is 1. The molecule has 3 aromatic carbocycles. The van der Waals surface area contributed by atoms with Crippen molar-refractivity contribution in [1.82, 2.24) is 0 Å². The first kappa shape index (κ1) is 21.6. The highest BCUT2D eigenvalue weighted by Gasteiger charge is 2.26. The Balaban J connectivity index is 1.66. The summed E-state index contributed by atoms with van der Waals surface area (Å²) >= 11 is 9.50. The Morgan fingerprint density at radius 3 is 2.68 bits per heavy atom. The number of nitrogens with zero attached hydrogens (tertiary/aromatic N) is 1. The van der Waals surface area contributed by atoms with Crippen LogP contribution < -0.4 is 14.8 Å². The lowest BCUT2D eigenvalue weighted by atomic mass is 10.1. The standard InChI is InChI=1S/C21H15BrClFN2O4S/c1-29-18-9-13(21-25-17-4-2-3-5-19(17)31(27,28)26-21)8-15(22)20(18)30-11-12-6-7-14(24)10-16(12)23/h2-10H,11H2,1H3,(H,25,26). The molecule has 0 spiro atoms. The second-order valence-electron chi connectivity index (χ2n) is 6.55. The molecule has 0 aliphatic carbocycles. The van der Waals surface area contributed by atoms with Crippen LogP contribution in [0.2, 0.25) is 5.02 Å². The third-order valence-electron chi connectivity index (χ3n) is 4.52. The molecule has 31 heavy (non-hydrogen) atoms. The van der Waals surface area contributed by atoms with Gasteiger partial charge in [0.15, 0.2) is 17.3 Å². The molecule has 1 N–H and O–H groups in total. The molecule has 0 bridgehead atoms. The lowest BCUT2D eigenvalue weighted by Gasteiger charge is -2.20. The molecule has 1 aliphatic rings. The largest absolute Gasteiger partial charge is 0.493 e. The van der Waals surface area contributed by atoms with E-state index >= 15 is 0 Å². The lowest BCUT2D eigenvalue weighted by molar-refractivity contribution is 0.282. The van der Waals surface area contributed by atoms with Gasteiger partial charge in [0.05, 0.1) is 22.3 Å². The minimum atomic E-state index is -3.84. The van der Waals surface area contributed by atoms with Crippen molar-refractivity contribution in [2.75, 3.05) is 12.4 Å². The minimum Gasteiger partial charge on any atom is -0.493 e. The van der Waals surface area contributed by atoms with Gasteiger partial charge >= 0.3 is 0 Å². The molecular weight excluding hydrogens is 511 g/mol. The van der Waals surface area contributed by atoms with Crippen molar-refractivity contribution in [3.63, 3.8) is 0 Å². The van der Waals surface area contributed by atoms with E-state index in [1.54, 1.807) is 30.3 Å². The van der Waals surface area contributed by atoms with Gasteiger partial charge in [-0.1, -0.05) is 29.8 Å². The summed E-state index contributed by atoms with van der Waals surface area (Å²) in [5.41, 5.74) is 1.52. The monoisotopic (exact) mass is 524 g/mol. The van der Waals surface area contributed by atoms with Gasteiger partial charge in [0.1, 0.15) is 17.3 Å². The number of ether oxygens (including phenoxy) is 2. The number of rotatable bonds is 5. The fraction of sp³-hybridized carbons (Fsp3) is 0.0952. The van der Waals surface area contributed by atoms with E-state index in [4.69, 9.17) is 21.1 Å². The number of benzene rings is 3. The molecule has 0 atom stereocenters. The molecule has 0 unspecified atom stereocenters. The van der Waals surface area contributed by atoms with Crippen LogP contribution in [0.5, 0.6) is 11.5 Å². The molecule has 0 saturated heterocycles. The van der Waals surface area contributed by atoms with Crippen LogP contribution in [0.15, 0.2) is 68.4 Å².